The highest BCUT2D eigenvalue weighted by Crippen LogP contribution is 2.51. The van der Waals surface area contributed by atoms with Gasteiger partial charge < -0.3 is 19.9 Å². The average Bonchev–Trinajstić information content (AvgIpc) is 3.66. The van der Waals surface area contributed by atoms with Gasteiger partial charge in [0.15, 0.2) is 0 Å². The number of aliphatic hydroxyl groups excluding tert-OH is 1. The van der Waals surface area contributed by atoms with Gasteiger partial charge >= 0.3 is 7.12 Å². The second-order valence-electron chi connectivity index (χ2n) is 12.0. The van der Waals surface area contributed by atoms with Crippen LogP contribution in [0.4, 0.5) is 0 Å². The van der Waals surface area contributed by atoms with E-state index >= 15 is 0 Å². The number of phenolic OH excluding ortho intramolecular Hbond substituents is 1. The Bertz CT molecular complexity index is 1810. The number of aliphatic hydroxyl groups is 1. The standard InChI is InChI=1S/C35H33BN2O6S/c39-20-23-17-27-33(35(42)38(34(27)41)19-24-6-5-15-45-24)28-18-36(43)44-31(32(23)28)13-11-22(29-9-3-4-14-37-29)16-21-10-12-30(40)26-8-2-1-7-25(21)26/h1-10,12,14-16,27-28,31,33,39-40,43H,11,13,17-20H2/b22-16-/t27-,28+,31-,33-/m1/s1. The van der Waals surface area contributed by atoms with Gasteiger partial charge in [-0.1, -0.05) is 42.5 Å². The Morgan fingerprint density at radius 1 is 1.02 bits per heavy atom. The number of carbonyl (C=O) groups excluding carboxylic acids is 2. The third-order valence-electron chi connectivity index (χ3n) is 9.42. The molecule has 8 nitrogen and oxygen atoms in total. The van der Waals surface area contributed by atoms with Crippen LogP contribution in [0.5, 0.6) is 5.75 Å². The van der Waals surface area contributed by atoms with Gasteiger partial charge in [0.1, 0.15) is 5.75 Å². The summed E-state index contributed by atoms with van der Waals surface area (Å²) in [5, 5.41) is 35.5. The van der Waals surface area contributed by atoms with E-state index in [4.69, 9.17) is 4.65 Å². The van der Waals surface area contributed by atoms with Gasteiger partial charge in [0.2, 0.25) is 11.8 Å². The van der Waals surface area contributed by atoms with E-state index in [1.54, 1.807) is 12.3 Å². The number of hydrogen-bond acceptors (Lipinski definition) is 8. The van der Waals surface area contributed by atoms with Crippen molar-refractivity contribution in [2.24, 2.45) is 17.8 Å². The number of aromatic nitrogens is 1. The molecule has 4 aromatic rings. The number of amides is 2. The topological polar surface area (TPSA) is 120 Å². The predicted molar refractivity (Wildman–Crippen MR) is 174 cm³/mol. The van der Waals surface area contributed by atoms with Crippen molar-refractivity contribution in [3.8, 4) is 5.75 Å². The lowest BCUT2D eigenvalue weighted by atomic mass is 9.58. The summed E-state index contributed by atoms with van der Waals surface area (Å²) in [5.74, 6) is -1.73. The number of likely N-dealkylation sites (tertiary alicyclic amines) is 1. The van der Waals surface area contributed by atoms with Crippen LogP contribution in [0.25, 0.3) is 22.4 Å². The van der Waals surface area contributed by atoms with Crippen molar-refractivity contribution in [1.82, 2.24) is 9.88 Å². The van der Waals surface area contributed by atoms with E-state index in [0.29, 0.717) is 19.3 Å². The van der Waals surface area contributed by atoms with E-state index in [-0.39, 0.29) is 37.0 Å². The molecule has 0 spiro atoms. The minimum Gasteiger partial charge on any atom is -0.507 e. The summed E-state index contributed by atoms with van der Waals surface area (Å²) in [6.45, 7) is 0.00530. The first-order valence-electron chi connectivity index (χ1n) is 15.3. The number of thiophene rings is 1. The van der Waals surface area contributed by atoms with Gasteiger partial charge in [0, 0.05) is 16.5 Å². The number of nitrogens with zero attached hydrogens (tertiary/aromatic N) is 2. The summed E-state index contributed by atoms with van der Waals surface area (Å²) >= 11 is 1.51. The molecule has 3 N–H and O–H groups in total. The molecule has 2 aromatic carbocycles. The fourth-order valence-electron chi connectivity index (χ4n) is 7.42. The van der Waals surface area contributed by atoms with Gasteiger partial charge in [-0.2, -0.15) is 0 Å². The Labute approximate surface area is 265 Å². The maximum atomic E-state index is 13.8. The third kappa shape index (κ3) is 5.52. The number of rotatable bonds is 8. The number of pyridine rings is 1. The minimum absolute atomic E-state index is 0.199. The van der Waals surface area contributed by atoms with Crippen LogP contribution in [-0.4, -0.2) is 56.8 Å². The van der Waals surface area contributed by atoms with Crippen molar-refractivity contribution in [1.29, 1.82) is 0 Å². The molecule has 2 aliphatic heterocycles. The molecule has 2 saturated heterocycles. The molecule has 2 fully saturated rings. The maximum absolute atomic E-state index is 13.8. The highest BCUT2D eigenvalue weighted by molar-refractivity contribution is 7.09. The summed E-state index contributed by atoms with van der Waals surface area (Å²) < 4.78 is 6.13. The molecule has 10 heteroatoms. The van der Waals surface area contributed by atoms with Crippen LogP contribution < -0.4 is 0 Å². The Hall–Kier alpha value is -4.09. The smallest absolute Gasteiger partial charge is 0.455 e. The van der Waals surface area contributed by atoms with Gasteiger partial charge in [-0.3, -0.25) is 19.5 Å². The quantitative estimate of drug-likeness (QED) is 0.139. The summed E-state index contributed by atoms with van der Waals surface area (Å²) in [7, 11) is -1.10. The molecule has 3 aliphatic rings. The summed E-state index contributed by atoms with van der Waals surface area (Å²) in [5.41, 5.74) is 4.25. The van der Waals surface area contributed by atoms with Gasteiger partial charge in [-0.05, 0) is 94.9 Å². The number of allylic oxidation sites excluding steroid dienone is 1. The van der Waals surface area contributed by atoms with Crippen molar-refractivity contribution in [2.45, 2.75) is 38.2 Å². The number of phenols is 1. The second kappa shape index (κ2) is 12.4. The number of benzene rings is 2. The van der Waals surface area contributed by atoms with Crippen molar-refractivity contribution >= 4 is 52.7 Å². The lowest BCUT2D eigenvalue weighted by Gasteiger charge is -2.43. The van der Waals surface area contributed by atoms with Gasteiger partial charge in [0.25, 0.3) is 0 Å². The number of fused-ring (bicyclic) bond motifs is 4. The molecule has 1 aliphatic carbocycles. The molecule has 45 heavy (non-hydrogen) atoms. The lowest BCUT2D eigenvalue weighted by Crippen LogP contribution is -2.46. The molecule has 7 rings (SSSR count). The first-order valence-corrected chi connectivity index (χ1v) is 16.2. The summed E-state index contributed by atoms with van der Waals surface area (Å²) in [4.78, 5) is 34.2. The molecule has 2 aromatic heterocycles. The summed E-state index contributed by atoms with van der Waals surface area (Å²) in [6.07, 6.45) is 4.78. The Morgan fingerprint density at radius 2 is 1.84 bits per heavy atom. The Balaban J connectivity index is 1.21. The Morgan fingerprint density at radius 3 is 2.60 bits per heavy atom. The zero-order valence-corrected chi connectivity index (χ0v) is 25.4. The molecule has 0 saturated carbocycles. The molecular formula is C35H33BN2O6S. The fraction of sp³-hybridized carbons (Fsp3) is 0.286. The zero-order chi connectivity index (χ0) is 31.1. The number of carbonyl (C=O) groups is 2. The maximum Gasteiger partial charge on any atom is 0.455 e. The molecule has 4 atom stereocenters. The van der Waals surface area contributed by atoms with Crippen LogP contribution >= 0.6 is 11.3 Å². The summed E-state index contributed by atoms with van der Waals surface area (Å²) in [6, 6.07) is 20.8. The van der Waals surface area contributed by atoms with Crippen LogP contribution in [0.2, 0.25) is 6.32 Å². The van der Waals surface area contributed by atoms with Crippen molar-refractivity contribution in [3.05, 3.63) is 106 Å². The van der Waals surface area contributed by atoms with Crippen molar-refractivity contribution in [2.75, 3.05) is 6.61 Å². The normalized spacial score (nSPS) is 23.6. The number of aromatic hydroxyl groups is 1. The highest BCUT2D eigenvalue weighted by atomic mass is 32.1. The molecule has 0 bridgehead atoms. The van der Waals surface area contributed by atoms with Crippen LogP contribution in [0.3, 0.4) is 0 Å². The van der Waals surface area contributed by atoms with E-state index in [9.17, 15) is 24.8 Å². The van der Waals surface area contributed by atoms with Crippen LogP contribution in [0, 0.1) is 17.8 Å². The van der Waals surface area contributed by atoms with E-state index < -0.39 is 31.0 Å². The number of imide groups is 1. The SMILES string of the molecule is O=C1[C@@H]2[C@@H](CC(CO)=C3[C@@H](CC/C(=C/c4ccc(O)c5ccccc45)c4ccccn4)OB(O)C[C@@H]32)C(=O)N1Cc1cccs1. The van der Waals surface area contributed by atoms with Crippen LogP contribution in [0.1, 0.15) is 35.4 Å². The zero-order valence-electron chi connectivity index (χ0n) is 24.6. The van der Waals surface area contributed by atoms with Gasteiger partial charge in [-0.15, -0.1) is 11.3 Å². The van der Waals surface area contributed by atoms with Crippen LogP contribution in [-0.2, 0) is 20.8 Å². The molecule has 0 unspecified atom stereocenters. The molecule has 4 heterocycles. The molecule has 228 valence electrons. The molecule has 0 radical (unpaired) electrons. The highest BCUT2D eigenvalue weighted by Gasteiger charge is 2.57. The monoisotopic (exact) mass is 620 g/mol. The van der Waals surface area contributed by atoms with E-state index in [2.05, 4.69) is 11.1 Å². The second-order valence-corrected chi connectivity index (χ2v) is 13.0. The van der Waals surface area contributed by atoms with Crippen LogP contribution in [0.15, 0.2) is 89.5 Å². The molecular weight excluding hydrogens is 587 g/mol. The first kappa shape index (κ1) is 29.6. The Kier molecular flexibility index (Phi) is 8.14. The van der Waals surface area contributed by atoms with E-state index in [0.717, 1.165) is 43.6 Å². The largest absolute Gasteiger partial charge is 0.507 e. The lowest BCUT2D eigenvalue weighted by molar-refractivity contribution is -0.140. The number of hydrogen-bond donors (Lipinski definition) is 3. The van der Waals surface area contributed by atoms with E-state index in [1.807, 2.05) is 66.0 Å². The minimum atomic E-state index is -1.10. The fourth-order valence-corrected chi connectivity index (χ4v) is 8.12. The molecule has 2 amide bonds. The first-order chi connectivity index (χ1) is 21.9. The van der Waals surface area contributed by atoms with Crippen molar-refractivity contribution in [3.63, 3.8) is 0 Å². The van der Waals surface area contributed by atoms with E-state index in [1.165, 1.54) is 16.2 Å². The average molecular weight is 621 g/mol. The van der Waals surface area contributed by atoms with Gasteiger partial charge in [0.05, 0.1) is 36.8 Å². The van der Waals surface area contributed by atoms with Gasteiger partial charge in [-0.25, -0.2) is 0 Å². The predicted octanol–water partition coefficient (Wildman–Crippen LogP) is 5.31. The third-order valence-corrected chi connectivity index (χ3v) is 10.3. The van der Waals surface area contributed by atoms with Crippen molar-refractivity contribution < 1.29 is 29.5 Å².